The highest BCUT2D eigenvalue weighted by Crippen LogP contribution is 2.32. The Bertz CT molecular complexity index is 725. The van der Waals surface area contributed by atoms with Crippen molar-refractivity contribution in [2.75, 3.05) is 7.11 Å². The summed E-state index contributed by atoms with van der Waals surface area (Å²) < 4.78 is 5.21. The van der Waals surface area contributed by atoms with Crippen molar-refractivity contribution in [3.05, 3.63) is 78.5 Å². The number of rotatable bonds is 4. The highest BCUT2D eigenvalue weighted by Gasteiger charge is 2.14. The summed E-state index contributed by atoms with van der Waals surface area (Å²) in [4.78, 5) is 3.32. The van der Waals surface area contributed by atoms with E-state index in [1.807, 2.05) is 24.3 Å². The van der Waals surface area contributed by atoms with Gasteiger partial charge < -0.3 is 9.72 Å². The fraction of sp³-hybridized carbons (Fsp3) is 0.111. The summed E-state index contributed by atoms with van der Waals surface area (Å²) in [5.74, 6) is 1.05. The van der Waals surface area contributed by atoms with E-state index in [-0.39, 0.29) is 5.92 Å². The Balaban J connectivity index is 2.06. The molecule has 0 bridgehead atoms. The first-order valence-electron chi connectivity index (χ1n) is 6.66. The minimum absolute atomic E-state index is 0.178. The van der Waals surface area contributed by atoms with Crippen molar-refractivity contribution < 1.29 is 4.74 Å². The lowest BCUT2D eigenvalue weighted by Gasteiger charge is -2.13. The largest absolute Gasteiger partial charge is 0.497 e. The Morgan fingerprint density at radius 1 is 1.10 bits per heavy atom. The average molecular weight is 263 g/mol. The van der Waals surface area contributed by atoms with Crippen molar-refractivity contribution in [3.8, 4) is 5.75 Å². The SMILES string of the molecule is C=C[C@@H](c1ccc(OC)cc1)c1c[nH]c2ccccc12. The van der Waals surface area contributed by atoms with Gasteiger partial charge in [-0.25, -0.2) is 0 Å². The predicted molar refractivity (Wildman–Crippen MR) is 83.3 cm³/mol. The Hall–Kier alpha value is -2.48. The minimum Gasteiger partial charge on any atom is -0.497 e. The number of fused-ring (bicyclic) bond motifs is 1. The molecule has 1 N–H and O–H groups in total. The van der Waals surface area contributed by atoms with Crippen LogP contribution < -0.4 is 4.74 Å². The Labute approximate surface area is 118 Å². The fourth-order valence-corrected chi connectivity index (χ4v) is 2.61. The summed E-state index contributed by atoms with van der Waals surface area (Å²) in [6, 6.07) is 16.5. The van der Waals surface area contributed by atoms with Gasteiger partial charge in [0.15, 0.2) is 0 Å². The minimum atomic E-state index is 0.178. The van der Waals surface area contributed by atoms with E-state index in [0.29, 0.717) is 0 Å². The van der Waals surface area contributed by atoms with Crippen LogP contribution in [0.25, 0.3) is 10.9 Å². The molecule has 2 heteroatoms. The molecule has 0 aliphatic rings. The van der Waals surface area contributed by atoms with Crippen molar-refractivity contribution in [2.24, 2.45) is 0 Å². The third-order valence-corrected chi connectivity index (χ3v) is 3.67. The molecule has 0 saturated carbocycles. The van der Waals surface area contributed by atoms with Crippen molar-refractivity contribution in [3.63, 3.8) is 0 Å². The summed E-state index contributed by atoms with van der Waals surface area (Å²) in [6.07, 6.45) is 4.05. The van der Waals surface area contributed by atoms with E-state index in [1.165, 1.54) is 16.5 Å². The second kappa shape index (κ2) is 5.25. The zero-order valence-electron chi connectivity index (χ0n) is 11.5. The number of methoxy groups -OCH3 is 1. The van der Waals surface area contributed by atoms with Crippen molar-refractivity contribution in [1.82, 2.24) is 4.98 Å². The lowest BCUT2D eigenvalue weighted by atomic mass is 9.91. The van der Waals surface area contributed by atoms with Gasteiger partial charge in [-0.15, -0.1) is 6.58 Å². The maximum Gasteiger partial charge on any atom is 0.118 e. The molecule has 0 radical (unpaired) electrons. The maximum absolute atomic E-state index is 5.21. The van der Waals surface area contributed by atoms with Gasteiger partial charge in [0.1, 0.15) is 5.75 Å². The van der Waals surface area contributed by atoms with Gasteiger partial charge in [0.05, 0.1) is 7.11 Å². The van der Waals surface area contributed by atoms with E-state index in [1.54, 1.807) is 7.11 Å². The van der Waals surface area contributed by atoms with Crippen LogP contribution in [0.5, 0.6) is 5.75 Å². The third kappa shape index (κ3) is 2.10. The molecule has 0 saturated heterocycles. The molecule has 0 fully saturated rings. The third-order valence-electron chi connectivity index (χ3n) is 3.67. The number of nitrogens with one attached hydrogen (secondary N) is 1. The average Bonchev–Trinajstić information content (AvgIpc) is 2.93. The quantitative estimate of drug-likeness (QED) is 0.689. The molecule has 3 aromatic rings. The van der Waals surface area contributed by atoms with Crippen LogP contribution in [0, 0.1) is 0 Å². The summed E-state index contributed by atoms with van der Waals surface area (Å²) in [5, 5.41) is 1.24. The van der Waals surface area contributed by atoms with Gasteiger partial charge in [0.2, 0.25) is 0 Å². The number of aromatic amines is 1. The summed E-state index contributed by atoms with van der Waals surface area (Å²) in [7, 11) is 1.68. The van der Waals surface area contributed by atoms with Crippen molar-refractivity contribution in [1.29, 1.82) is 0 Å². The van der Waals surface area contributed by atoms with E-state index in [9.17, 15) is 0 Å². The summed E-state index contributed by atoms with van der Waals surface area (Å²) in [6.45, 7) is 4.00. The number of hydrogen-bond acceptors (Lipinski definition) is 1. The van der Waals surface area contributed by atoms with Gasteiger partial charge >= 0.3 is 0 Å². The van der Waals surface area contributed by atoms with Gasteiger partial charge in [0.25, 0.3) is 0 Å². The standard InChI is InChI=1S/C18H17NO/c1-3-15(13-8-10-14(20-2)11-9-13)17-12-19-18-7-5-4-6-16(17)18/h3-12,15,19H,1H2,2H3/t15-/m0/s1. The normalized spacial score (nSPS) is 12.2. The molecule has 0 aliphatic carbocycles. The predicted octanol–water partition coefficient (Wildman–Crippen LogP) is 4.49. The monoisotopic (exact) mass is 263 g/mol. The number of aromatic nitrogens is 1. The van der Waals surface area contributed by atoms with Crippen molar-refractivity contribution in [2.45, 2.75) is 5.92 Å². The Kier molecular flexibility index (Phi) is 3.30. The van der Waals surface area contributed by atoms with E-state index in [0.717, 1.165) is 11.3 Å². The van der Waals surface area contributed by atoms with Crippen LogP contribution in [0.3, 0.4) is 0 Å². The number of ether oxygens (including phenoxy) is 1. The first-order valence-corrected chi connectivity index (χ1v) is 6.66. The molecule has 20 heavy (non-hydrogen) atoms. The second-order valence-electron chi connectivity index (χ2n) is 4.78. The molecular weight excluding hydrogens is 246 g/mol. The Morgan fingerprint density at radius 2 is 1.85 bits per heavy atom. The number of H-pyrrole nitrogens is 1. The first-order chi connectivity index (χ1) is 9.83. The molecule has 100 valence electrons. The van der Waals surface area contributed by atoms with Gasteiger partial charge in [-0.2, -0.15) is 0 Å². The van der Waals surface area contributed by atoms with E-state index in [2.05, 4.69) is 48.1 Å². The van der Waals surface area contributed by atoms with Gasteiger partial charge in [0, 0.05) is 23.0 Å². The first kappa shape index (κ1) is 12.5. The van der Waals surface area contributed by atoms with Gasteiger partial charge in [-0.05, 0) is 29.3 Å². The summed E-state index contributed by atoms with van der Waals surface area (Å²) in [5.41, 5.74) is 3.62. The van der Waals surface area contributed by atoms with Crippen LogP contribution in [-0.2, 0) is 0 Å². The Morgan fingerprint density at radius 3 is 2.55 bits per heavy atom. The van der Waals surface area contributed by atoms with Gasteiger partial charge in [-0.1, -0.05) is 36.4 Å². The smallest absolute Gasteiger partial charge is 0.118 e. The van der Waals surface area contributed by atoms with Gasteiger partial charge in [-0.3, -0.25) is 0 Å². The van der Waals surface area contributed by atoms with Crippen LogP contribution in [0.1, 0.15) is 17.0 Å². The molecule has 3 rings (SSSR count). The van der Waals surface area contributed by atoms with Crippen LogP contribution in [0.2, 0.25) is 0 Å². The van der Waals surface area contributed by atoms with Crippen LogP contribution in [-0.4, -0.2) is 12.1 Å². The zero-order valence-corrected chi connectivity index (χ0v) is 11.5. The molecule has 0 amide bonds. The van der Waals surface area contributed by atoms with E-state index >= 15 is 0 Å². The van der Waals surface area contributed by atoms with Crippen molar-refractivity contribution >= 4 is 10.9 Å². The topological polar surface area (TPSA) is 25.0 Å². The lowest BCUT2D eigenvalue weighted by Crippen LogP contribution is -1.96. The molecule has 1 aromatic heterocycles. The number of allylic oxidation sites excluding steroid dienone is 1. The molecule has 2 nitrogen and oxygen atoms in total. The van der Waals surface area contributed by atoms with Crippen LogP contribution in [0.4, 0.5) is 0 Å². The highest BCUT2D eigenvalue weighted by atomic mass is 16.5. The molecule has 1 heterocycles. The van der Waals surface area contributed by atoms with E-state index in [4.69, 9.17) is 4.74 Å². The molecule has 2 aromatic carbocycles. The second-order valence-corrected chi connectivity index (χ2v) is 4.78. The molecule has 0 unspecified atom stereocenters. The number of benzene rings is 2. The van der Waals surface area contributed by atoms with Crippen LogP contribution >= 0.6 is 0 Å². The van der Waals surface area contributed by atoms with Crippen LogP contribution in [0.15, 0.2) is 67.4 Å². The number of hydrogen-bond donors (Lipinski definition) is 1. The lowest BCUT2D eigenvalue weighted by molar-refractivity contribution is 0.414. The maximum atomic E-state index is 5.21. The molecular formula is C18H17NO. The number of para-hydroxylation sites is 1. The zero-order chi connectivity index (χ0) is 13.9. The molecule has 0 spiro atoms. The highest BCUT2D eigenvalue weighted by molar-refractivity contribution is 5.84. The molecule has 0 aliphatic heterocycles. The summed E-state index contributed by atoms with van der Waals surface area (Å²) >= 11 is 0. The molecule has 1 atom stereocenters. The van der Waals surface area contributed by atoms with E-state index < -0.39 is 0 Å². The fourth-order valence-electron chi connectivity index (χ4n) is 2.61.